The monoisotopic (exact) mass is 305 g/mol. The Bertz CT molecular complexity index is 611. The van der Waals surface area contributed by atoms with E-state index in [2.05, 4.69) is 4.72 Å². The van der Waals surface area contributed by atoms with Gasteiger partial charge in [-0.2, -0.15) is 0 Å². The Morgan fingerprint density at radius 3 is 2.50 bits per heavy atom. The van der Waals surface area contributed by atoms with Gasteiger partial charge in [0.15, 0.2) is 0 Å². The zero-order valence-electron chi connectivity index (χ0n) is 11.1. The minimum atomic E-state index is -4.11. The largest absolute Gasteiger partial charge is 0.478 e. The molecular formula is C12H16FNO5S. The van der Waals surface area contributed by atoms with Crippen molar-refractivity contribution in [3.05, 3.63) is 29.1 Å². The van der Waals surface area contributed by atoms with Crippen molar-refractivity contribution in [2.24, 2.45) is 0 Å². The lowest BCUT2D eigenvalue weighted by molar-refractivity contribution is 0.0696. The molecule has 6 nitrogen and oxygen atoms in total. The summed E-state index contributed by atoms with van der Waals surface area (Å²) in [5.74, 6) is -2.34. The first kappa shape index (κ1) is 16.5. The molecule has 0 amide bonds. The van der Waals surface area contributed by atoms with Crippen LogP contribution < -0.4 is 4.72 Å². The average Bonchev–Trinajstić information content (AvgIpc) is 2.38. The Labute approximate surface area is 116 Å². The Morgan fingerprint density at radius 1 is 1.45 bits per heavy atom. The van der Waals surface area contributed by atoms with Crippen LogP contribution in [0.4, 0.5) is 4.39 Å². The van der Waals surface area contributed by atoms with Gasteiger partial charge < -0.3 is 10.2 Å². The molecule has 0 spiro atoms. The molecule has 0 aliphatic rings. The minimum absolute atomic E-state index is 0.171. The molecule has 0 radical (unpaired) electrons. The van der Waals surface area contributed by atoms with Crippen LogP contribution in [0.1, 0.15) is 29.3 Å². The summed E-state index contributed by atoms with van der Waals surface area (Å²) < 4.78 is 40.1. The summed E-state index contributed by atoms with van der Waals surface area (Å²) in [4.78, 5) is 10.4. The molecule has 8 heteroatoms. The van der Waals surface area contributed by atoms with Crippen LogP contribution in [0.2, 0.25) is 0 Å². The average molecular weight is 305 g/mol. The maximum atomic E-state index is 13.6. The van der Waals surface area contributed by atoms with Crippen molar-refractivity contribution in [3.63, 3.8) is 0 Å². The predicted molar refractivity (Wildman–Crippen MR) is 69.6 cm³/mol. The van der Waals surface area contributed by atoms with Crippen molar-refractivity contribution in [2.45, 2.75) is 31.2 Å². The van der Waals surface area contributed by atoms with Gasteiger partial charge in [0, 0.05) is 11.6 Å². The number of aliphatic hydroxyl groups excluding tert-OH is 1. The molecular weight excluding hydrogens is 289 g/mol. The zero-order chi connectivity index (χ0) is 15.5. The number of nitrogens with one attached hydrogen (secondary N) is 1. The fourth-order valence-electron chi connectivity index (χ4n) is 1.59. The van der Waals surface area contributed by atoms with Gasteiger partial charge in [-0.3, -0.25) is 0 Å². The molecule has 0 bridgehead atoms. The van der Waals surface area contributed by atoms with E-state index in [1.54, 1.807) is 6.92 Å². The summed E-state index contributed by atoms with van der Waals surface area (Å²) in [7, 11) is -4.11. The van der Waals surface area contributed by atoms with Crippen LogP contribution in [0.3, 0.4) is 0 Å². The molecule has 0 aliphatic carbocycles. The van der Waals surface area contributed by atoms with Gasteiger partial charge in [0.1, 0.15) is 5.82 Å². The lowest BCUT2D eigenvalue weighted by atomic mass is 10.1. The Balaban J connectivity index is 3.34. The number of carboxylic acid groups (broad SMARTS) is 1. The second kappa shape index (κ2) is 6.29. The molecule has 1 aromatic carbocycles. The normalized spacial score (nSPS) is 13.2. The fraction of sp³-hybridized carbons (Fsp3) is 0.417. The van der Waals surface area contributed by atoms with Crippen LogP contribution in [-0.2, 0) is 10.0 Å². The van der Waals surface area contributed by atoms with Gasteiger partial charge in [-0.1, -0.05) is 6.92 Å². The number of hydrogen-bond donors (Lipinski definition) is 3. The highest BCUT2D eigenvalue weighted by Crippen LogP contribution is 2.21. The van der Waals surface area contributed by atoms with E-state index in [0.717, 1.165) is 12.1 Å². The lowest BCUT2D eigenvalue weighted by Gasteiger charge is -2.16. The summed E-state index contributed by atoms with van der Waals surface area (Å²) in [5.41, 5.74) is -0.624. The number of benzene rings is 1. The maximum Gasteiger partial charge on any atom is 0.335 e. The van der Waals surface area contributed by atoms with Gasteiger partial charge in [0.2, 0.25) is 10.0 Å². The van der Waals surface area contributed by atoms with Crippen molar-refractivity contribution in [2.75, 3.05) is 6.61 Å². The summed E-state index contributed by atoms with van der Waals surface area (Å²) in [5, 5.41) is 17.9. The standard InChI is InChI=1S/C12H16FNO5S/c1-3-9(6-15)14-20(18,19)11-5-8(12(16)17)4-10(13)7(11)2/h4-5,9,14-15H,3,6H2,1-2H3,(H,16,17)/t9-/m1/s1. The highest BCUT2D eigenvalue weighted by atomic mass is 32.2. The molecule has 0 saturated heterocycles. The van der Waals surface area contributed by atoms with Gasteiger partial charge in [-0.25, -0.2) is 22.3 Å². The first-order valence-corrected chi connectivity index (χ1v) is 7.37. The van der Waals surface area contributed by atoms with Gasteiger partial charge in [0.05, 0.1) is 17.1 Å². The van der Waals surface area contributed by atoms with E-state index in [-0.39, 0.29) is 5.56 Å². The van der Waals surface area contributed by atoms with Crippen LogP contribution in [0.25, 0.3) is 0 Å². The van der Waals surface area contributed by atoms with Crippen LogP contribution in [0.5, 0.6) is 0 Å². The summed E-state index contributed by atoms with van der Waals surface area (Å²) in [6.45, 7) is 2.51. The molecule has 0 fully saturated rings. The smallest absolute Gasteiger partial charge is 0.335 e. The molecule has 3 N–H and O–H groups in total. The number of aromatic carboxylic acids is 1. The van der Waals surface area contributed by atoms with Crippen LogP contribution in [-0.4, -0.2) is 37.2 Å². The molecule has 112 valence electrons. The Morgan fingerprint density at radius 2 is 2.05 bits per heavy atom. The minimum Gasteiger partial charge on any atom is -0.478 e. The second-order valence-corrected chi connectivity index (χ2v) is 5.98. The number of carboxylic acids is 1. The van der Waals surface area contributed by atoms with Crippen molar-refractivity contribution >= 4 is 16.0 Å². The van der Waals surface area contributed by atoms with E-state index in [9.17, 15) is 17.6 Å². The molecule has 0 aromatic heterocycles. The fourth-order valence-corrected chi connectivity index (χ4v) is 3.18. The topological polar surface area (TPSA) is 104 Å². The van der Waals surface area contributed by atoms with Gasteiger partial charge in [0.25, 0.3) is 0 Å². The molecule has 0 saturated carbocycles. The lowest BCUT2D eigenvalue weighted by Crippen LogP contribution is -2.37. The molecule has 0 unspecified atom stereocenters. The number of sulfonamides is 1. The third-order valence-corrected chi connectivity index (χ3v) is 4.51. The van der Waals surface area contributed by atoms with E-state index in [1.165, 1.54) is 6.92 Å². The van der Waals surface area contributed by atoms with Crippen LogP contribution in [0.15, 0.2) is 17.0 Å². The Hall–Kier alpha value is -1.51. The third kappa shape index (κ3) is 3.53. The van der Waals surface area contributed by atoms with Crippen molar-refractivity contribution in [1.82, 2.24) is 4.72 Å². The van der Waals surface area contributed by atoms with Crippen LogP contribution >= 0.6 is 0 Å². The first-order chi connectivity index (χ1) is 9.22. The van der Waals surface area contributed by atoms with Crippen molar-refractivity contribution < 1.29 is 27.8 Å². The van der Waals surface area contributed by atoms with Crippen molar-refractivity contribution in [1.29, 1.82) is 0 Å². The van der Waals surface area contributed by atoms with E-state index < -0.39 is 44.9 Å². The zero-order valence-corrected chi connectivity index (χ0v) is 11.9. The van der Waals surface area contributed by atoms with Gasteiger partial charge >= 0.3 is 5.97 Å². The molecule has 0 heterocycles. The Kier molecular flexibility index (Phi) is 5.21. The molecule has 1 atom stereocenters. The predicted octanol–water partition coefficient (Wildman–Crippen LogP) is 0.882. The van der Waals surface area contributed by atoms with E-state index in [4.69, 9.17) is 10.2 Å². The molecule has 1 aromatic rings. The maximum absolute atomic E-state index is 13.6. The van der Waals surface area contributed by atoms with Crippen LogP contribution in [0, 0.1) is 12.7 Å². The summed E-state index contributed by atoms with van der Waals surface area (Å²) in [6.07, 6.45) is 0.343. The van der Waals surface area contributed by atoms with E-state index >= 15 is 0 Å². The SMILES string of the molecule is CC[C@H](CO)NS(=O)(=O)c1cc(C(=O)O)cc(F)c1C. The van der Waals surface area contributed by atoms with Gasteiger partial charge in [-0.05, 0) is 25.5 Å². The summed E-state index contributed by atoms with van der Waals surface area (Å²) in [6, 6.07) is 0.948. The number of rotatable bonds is 6. The molecule has 20 heavy (non-hydrogen) atoms. The summed E-state index contributed by atoms with van der Waals surface area (Å²) >= 11 is 0. The highest BCUT2D eigenvalue weighted by molar-refractivity contribution is 7.89. The number of halogens is 1. The highest BCUT2D eigenvalue weighted by Gasteiger charge is 2.24. The number of hydrogen-bond acceptors (Lipinski definition) is 4. The second-order valence-electron chi connectivity index (χ2n) is 4.30. The number of carbonyl (C=O) groups is 1. The quantitative estimate of drug-likeness (QED) is 0.724. The molecule has 0 aliphatic heterocycles. The first-order valence-electron chi connectivity index (χ1n) is 5.89. The van der Waals surface area contributed by atoms with Crippen molar-refractivity contribution in [3.8, 4) is 0 Å². The van der Waals surface area contributed by atoms with E-state index in [0.29, 0.717) is 6.42 Å². The van der Waals surface area contributed by atoms with Gasteiger partial charge in [-0.15, -0.1) is 0 Å². The number of aliphatic hydroxyl groups is 1. The third-order valence-electron chi connectivity index (χ3n) is 2.87. The van der Waals surface area contributed by atoms with E-state index in [1.807, 2.05) is 0 Å². The molecule has 1 rings (SSSR count).